The number of amides is 3. The van der Waals surface area contributed by atoms with Gasteiger partial charge in [-0.25, -0.2) is 4.79 Å². The van der Waals surface area contributed by atoms with Crippen LogP contribution in [0.4, 0.5) is 4.79 Å². The molecule has 2 aromatic rings. The second-order valence-corrected chi connectivity index (χ2v) is 6.64. The summed E-state index contributed by atoms with van der Waals surface area (Å²) in [6.07, 6.45) is 0.698. The third kappa shape index (κ3) is 6.95. The molecule has 0 fully saturated rings. The SMILES string of the molecule is CCN(C)C(=O)[C@H](C)NC(=O)NCCc1ccc(OCc2ccccc2)cc1. The summed E-state index contributed by atoms with van der Waals surface area (Å²) in [6, 6.07) is 17.0. The molecule has 0 aromatic heterocycles. The number of hydrogen-bond donors (Lipinski definition) is 2. The third-order valence-electron chi connectivity index (χ3n) is 4.44. The van der Waals surface area contributed by atoms with Crippen LogP contribution in [0.2, 0.25) is 0 Å². The highest BCUT2D eigenvalue weighted by molar-refractivity contribution is 5.86. The number of urea groups is 1. The van der Waals surface area contributed by atoms with Crippen LogP contribution in [0, 0.1) is 0 Å². The Balaban J connectivity index is 1.70. The zero-order valence-electron chi connectivity index (χ0n) is 16.8. The zero-order chi connectivity index (χ0) is 20.4. The Bertz CT molecular complexity index is 747. The van der Waals surface area contributed by atoms with Crippen molar-refractivity contribution in [3.8, 4) is 5.75 Å². The molecular formula is C22H29N3O3. The molecular weight excluding hydrogens is 354 g/mol. The van der Waals surface area contributed by atoms with Gasteiger partial charge in [-0.15, -0.1) is 0 Å². The van der Waals surface area contributed by atoms with Crippen LogP contribution in [0.3, 0.4) is 0 Å². The summed E-state index contributed by atoms with van der Waals surface area (Å²) in [5.74, 6) is 0.703. The molecule has 2 aromatic carbocycles. The van der Waals surface area contributed by atoms with Gasteiger partial charge in [-0.1, -0.05) is 42.5 Å². The molecule has 0 radical (unpaired) electrons. The Kier molecular flexibility index (Phi) is 8.34. The van der Waals surface area contributed by atoms with Crippen LogP contribution in [-0.2, 0) is 17.8 Å². The Morgan fingerprint density at radius 3 is 2.36 bits per heavy atom. The number of likely N-dealkylation sites (N-methyl/N-ethyl adjacent to an activating group) is 1. The van der Waals surface area contributed by atoms with E-state index in [1.165, 1.54) is 0 Å². The van der Waals surface area contributed by atoms with Crippen molar-refractivity contribution in [1.29, 1.82) is 0 Å². The van der Waals surface area contributed by atoms with Crippen molar-refractivity contribution in [1.82, 2.24) is 15.5 Å². The molecule has 0 heterocycles. The summed E-state index contributed by atoms with van der Waals surface area (Å²) in [5.41, 5.74) is 2.22. The van der Waals surface area contributed by atoms with Gasteiger partial charge in [-0.05, 0) is 43.5 Å². The number of hydrogen-bond acceptors (Lipinski definition) is 3. The number of ether oxygens (including phenoxy) is 1. The molecule has 3 amide bonds. The molecule has 0 aliphatic heterocycles. The minimum atomic E-state index is -0.550. The fourth-order valence-electron chi connectivity index (χ4n) is 2.61. The first-order valence-corrected chi connectivity index (χ1v) is 9.54. The highest BCUT2D eigenvalue weighted by Crippen LogP contribution is 2.14. The largest absolute Gasteiger partial charge is 0.489 e. The van der Waals surface area contributed by atoms with Crippen molar-refractivity contribution < 1.29 is 14.3 Å². The number of carbonyl (C=O) groups excluding carboxylic acids is 2. The molecule has 0 spiro atoms. The van der Waals surface area contributed by atoms with E-state index in [9.17, 15) is 9.59 Å². The van der Waals surface area contributed by atoms with E-state index in [-0.39, 0.29) is 11.9 Å². The van der Waals surface area contributed by atoms with Gasteiger partial charge in [-0.3, -0.25) is 4.79 Å². The summed E-state index contributed by atoms with van der Waals surface area (Å²) in [4.78, 5) is 25.4. The van der Waals surface area contributed by atoms with Gasteiger partial charge in [-0.2, -0.15) is 0 Å². The highest BCUT2D eigenvalue weighted by Gasteiger charge is 2.17. The lowest BCUT2D eigenvalue weighted by Crippen LogP contribution is -2.49. The van der Waals surface area contributed by atoms with Gasteiger partial charge < -0.3 is 20.3 Å². The minimum absolute atomic E-state index is 0.108. The number of nitrogens with one attached hydrogen (secondary N) is 2. The average molecular weight is 383 g/mol. The van der Waals surface area contributed by atoms with E-state index in [2.05, 4.69) is 10.6 Å². The Labute approximate surface area is 166 Å². The molecule has 6 heteroatoms. The third-order valence-corrected chi connectivity index (χ3v) is 4.44. The van der Waals surface area contributed by atoms with Gasteiger partial charge in [0, 0.05) is 20.1 Å². The predicted molar refractivity (Wildman–Crippen MR) is 110 cm³/mol. The standard InChI is InChI=1S/C22H29N3O3/c1-4-25(3)21(26)17(2)24-22(27)23-15-14-18-10-12-20(13-11-18)28-16-19-8-6-5-7-9-19/h5-13,17H,4,14-16H2,1-3H3,(H2,23,24,27)/t17-/m0/s1. The number of nitrogens with zero attached hydrogens (tertiary/aromatic N) is 1. The van der Waals surface area contributed by atoms with Crippen molar-refractivity contribution in [2.75, 3.05) is 20.1 Å². The monoisotopic (exact) mass is 383 g/mol. The fourth-order valence-corrected chi connectivity index (χ4v) is 2.61. The van der Waals surface area contributed by atoms with Gasteiger partial charge in [0.15, 0.2) is 0 Å². The van der Waals surface area contributed by atoms with E-state index >= 15 is 0 Å². The van der Waals surface area contributed by atoms with Gasteiger partial charge in [0.1, 0.15) is 18.4 Å². The normalized spacial score (nSPS) is 11.4. The maximum absolute atomic E-state index is 12.0. The molecule has 0 aliphatic carbocycles. The van der Waals surface area contributed by atoms with Crippen LogP contribution in [0.15, 0.2) is 54.6 Å². The number of benzene rings is 2. The van der Waals surface area contributed by atoms with Crippen molar-refractivity contribution >= 4 is 11.9 Å². The van der Waals surface area contributed by atoms with Crippen molar-refractivity contribution in [3.63, 3.8) is 0 Å². The molecule has 0 unspecified atom stereocenters. The quantitative estimate of drug-likeness (QED) is 0.699. The van der Waals surface area contributed by atoms with E-state index in [1.807, 2.05) is 61.5 Å². The topological polar surface area (TPSA) is 70.7 Å². The molecule has 0 saturated carbocycles. The van der Waals surface area contributed by atoms with Gasteiger partial charge in [0.05, 0.1) is 0 Å². The predicted octanol–water partition coefficient (Wildman–Crippen LogP) is 2.97. The molecule has 0 saturated heterocycles. The molecule has 0 aliphatic rings. The van der Waals surface area contributed by atoms with E-state index in [4.69, 9.17) is 4.74 Å². The van der Waals surface area contributed by atoms with Crippen molar-refractivity contribution in [3.05, 3.63) is 65.7 Å². The first kappa shape index (κ1) is 21.3. The van der Waals surface area contributed by atoms with Gasteiger partial charge >= 0.3 is 6.03 Å². The molecule has 28 heavy (non-hydrogen) atoms. The summed E-state index contributed by atoms with van der Waals surface area (Å²) in [5, 5.41) is 5.44. The maximum Gasteiger partial charge on any atom is 0.315 e. The molecule has 2 N–H and O–H groups in total. The van der Waals surface area contributed by atoms with E-state index in [0.29, 0.717) is 26.1 Å². The molecule has 150 valence electrons. The van der Waals surface area contributed by atoms with E-state index in [0.717, 1.165) is 16.9 Å². The minimum Gasteiger partial charge on any atom is -0.489 e. The second-order valence-electron chi connectivity index (χ2n) is 6.64. The van der Waals surface area contributed by atoms with Crippen LogP contribution in [0.5, 0.6) is 5.75 Å². The average Bonchev–Trinajstić information content (AvgIpc) is 2.72. The molecule has 0 bridgehead atoms. The van der Waals surface area contributed by atoms with Gasteiger partial charge in [0.25, 0.3) is 0 Å². The lowest BCUT2D eigenvalue weighted by molar-refractivity contribution is -0.131. The Hall–Kier alpha value is -3.02. The summed E-state index contributed by atoms with van der Waals surface area (Å²) in [6.45, 7) is 5.20. The Morgan fingerprint density at radius 2 is 1.71 bits per heavy atom. The molecule has 1 atom stereocenters. The number of rotatable bonds is 9. The van der Waals surface area contributed by atoms with E-state index < -0.39 is 6.04 Å². The van der Waals surface area contributed by atoms with Crippen LogP contribution in [0.25, 0.3) is 0 Å². The van der Waals surface area contributed by atoms with Crippen LogP contribution in [-0.4, -0.2) is 43.0 Å². The maximum atomic E-state index is 12.0. The van der Waals surface area contributed by atoms with E-state index in [1.54, 1.807) is 18.9 Å². The molecule has 2 rings (SSSR count). The fraction of sp³-hybridized carbons (Fsp3) is 0.364. The zero-order valence-corrected chi connectivity index (χ0v) is 16.8. The lowest BCUT2D eigenvalue weighted by atomic mass is 10.1. The van der Waals surface area contributed by atoms with Gasteiger partial charge in [0.2, 0.25) is 5.91 Å². The van der Waals surface area contributed by atoms with Crippen LogP contribution in [0.1, 0.15) is 25.0 Å². The summed E-state index contributed by atoms with van der Waals surface area (Å²) >= 11 is 0. The number of carbonyl (C=O) groups is 2. The van der Waals surface area contributed by atoms with Crippen molar-refractivity contribution in [2.24, 2.45) is 0 Å². The second kappa shape index (κ2) is 11.0. The Morgan fingerprint density at radius 1 is 1.04 bits per heavy atom. The first-order chi connectivity index (χ1) is 13.5. The smallest absolute Gasteiger partial charge is 0.315 e. The summed E-state index contributed by atoms with van der Waals surface area (Å²) < 4.78 is 5.77. The molecule has 6 nitrogen and oxygen atoms in total. The lowest BCUT2D eigenvalue weighted by Gasteiger charge is -2.20. The summed E-state index contributed by atoms with van der Waals surface area (Å²) in [7, 11) is 1.71. The highest BCUT2D eigenvalue weighted by atomic mass is 16.5. The van der Waals surface area contributed by atoms with Crippen LogP contribution >= 0.6 is 0 Å². The van der Waals surface area contributed by atoms with Crippen molar-refractivity contribution in [2.45, 2.75) is 32.9 Å². The van der Waals surface area contributed by atoms with Crippen LogP contribution < -0.4 is 15.4 Å². The first-order valence-electron chi connectivity index (χ1n) is 9.54.